The highest BCUT2D eigenvalue weighted by Crippen LogP contribution is 2.19. The molecule has 114 valence electrons. The molecule has 0 spiro atoms. The average molecular weight is 325 g/mol. The third-order valence-corrected chi connectivity index (χ3v) is 3.57. The fourth-order valence-electron chi connectivity index (χ4n) is 2.14. The smallest absolute Gasteiger partial charge is 0.253 e. The number of amides is 1. The highest BCUT2D eigenvalue weighted by molar-refractivity contribution is 6.33. The molecule has 2 heterocycles. The Morgan fingerprint density at radius 2 is 1.87 bits per heavy atom. The Morgan fingerprint density at radius 1 is 1.04 bits per heavy atom. The quantitative estimate of drug-likeness (QED) is 0.800. The lowest BCUT2D eigenvalue weighted by Crippen LogP contribution is -2.24. The van der Waals surface area contributed by atoms with Crippen LogP contribution in [0.25, 0.3) is 11.3 Å². The van der Waals surface area contributed by atoms with E-state index in [9.17, 15) is 4.79 Å². The van der Waals surface area contributed by atoms with E-state index < -0.39 is 0 Å². The molecule has 0 saturated carbocycles. The second-order valence-electron chi connectivity index (χ2n) is 4.76. The standard InChI is InChI=1S/C17H13ClN4O/c18-14-6-2-1-5-13(14)17(23)22-11-15-16(21-9-8-20-15)12-4-3-7-19-10-12/h1-10H,11H2,(H,22,23). The van der Waals surface area contributed by atoms with Crippen molar-refractivity contribution in [3.63, 3.8) is 0 Å². The number of rotatable bonds is 4. The molecule has 0 atom stereocenters. The van der Waals surface area contributed by atoms with Gasteiger partial charge < -0.3 is 5.32 Å². The lowest BCUT2D eigenvalue weighted by Gasteiger charge is -2.09. The Labute approximate surface area is 138 Å². The Balaban J connectivity index is 1.79. The van der Waals surface area contributed by atoms with Crippen LogP contribution >= 0.6 is 11.6 Å². The summed E-state index contributed by atoms with van der Waals surface area (Å²) in [7, 11) is 0. The van der Waals surface area contributed by atoms with Crippen molar-refractivity contribution in [2.24, 2.45) is 0 Å². The zero-order valence-corrected chi connectivity index (χ0v) is 12.9. The summed E-state index contributed by atoms with van der Waals surface area (Å²) in [5, 5.41) is 3.23. The van der Waals surface area contributed by atoms with Gasteiger partial charge in [-0.05, 0) is 24.3 Å². The summed E-state index contributed by atoms with van der Waals surface area (Å²) in [5.74, 6) is -0.251. The predicted octanol–water partition coefficient (Wildman–Crippen LogP) is 3.12. The van der Waals surface area contributed by atoms with Crippen LogP contribution in [0, 0.1) is 0 Å². The van der Waals surface area contributed by atoms with E-state index in [-0.39, 0.29) is 12.5 Å². The molecule has 2 aromatic heterocycles. The van der Waals surface area contributed by atoms with E-state index in [2.05, 4.69) is 20.3 Å². The van der Waals surface area contributed by atoms with Gasteiger partial charge in [-0.1, -0.05) is 23.7 Å². The molecule has 6 heteroatoms. The van der Waals surface area contributed by atoms with Crippen LogP contribution in [0.2, 0.25) is 5.02 Å². The number of carbonyl (C=O) groups excluding carboxylic acids is 1. The first-order valence-corrected chi connectivity index (χ1v) is 7.36. The molecular weight excluding hydrogens is 312 g/mol. The maximum atomic E-state index is 12.2. The van der Waals surface area contributed by atoms with Crippen LogP contribution in [0.1, 0.15) is 16.1 Å². The molecule has 0 aliphatic rings. The number of hydrogen-bond acceptors (Lipinski definition) is 4. The van der Waals surface area contributed by atoms with Gasteiger partial charge in [0.25, 0.3) is 5.91 Å². The first kappa shape index (κ1) is 15.1. The van der Waals surface area contributed by atoms with Crippen molar-refractivity contribution in [3.05, 3.63) is 77.5 Å². The molecule has 0 unspecified atom stereocenters. The molecule has 1 amide bonds. The number of pyridine rings is 1. The number of nitrogens with one attached hydrogen (secondary N) is 1. The summed E-state index contributed by atoms with van der Waals surface area (Å²) < 4.78 is 0. The SMILES string of the molecule is O=C(NCc1nccnc1-c1cccnc1)c1ccccc1Cl. The third kappa shape index (κ3) is 3.52. The topological polar surface area (TPSA) is 67.8 Å². The molecule has 0 saturated heterocycles. The number of halogens is 1. The van der Waals surface area contributed by atoms with Crippen LogP contribution in [0.15, 0.2) is 61.2 Å². The summed E-state index contributed by atoms with van der Waals surface area (Å²) in [6.07, 6.45) is 6.61. The minimum absolute atomic E-state index is 0.251. The van der Waals surface area contributed by atoms with E-state index in [0.717, 1.165) is 5.56 Å². The molecule has 0 bridgehead atoms. The molecule has 0 radical (unpaired) electrons. The Morgan fingerprint density at radius 3 is 2.65 bits per heavy atom. The molecule has 0 aliphatic carbocycles. The zero-order chi connectivity index (χ0) is 16.1. The predicted molar refractivity (Wildman–Crippen MR) is 87.9 cm³/mol. The normalized spacial score (nSPS) is 10.3. The van der Waals surface area contributed by atoms with Gasteiger partial charge in [0.1, 0.15) is 0 Å². The summed E-state index contributed by atoms with van der Waals surface area (Å²) in [6, 6.07) is 10.6. The number of aromatic nitrogens is 3. The highest BCUT2D eigenvalue weighted by Gasteiger charge is 2.12. The van der Waals surface area contributed by atoms with E-state index in [1.54, 1.807) is 49.1 Å². The monoisotopic (exact) mass is 324 g/mol. The summed E-state index contributed by atoms with van der Waals surface area (Å²) in [6.45, 7) is 0.252. The van der Waals surface area contributed by atoms with Gasteiger partial charge in [0.15, 0.2) is 0 Å². The Bertz CT molecular complexity index is 824. The lowest BCUT2D eigenvalue weighted by molar-refractivity contribution is 0.0950. The minimum atomic E-state index is -0.251. The van der Waals surface area contributed by atoms with E-state index in [1.807, 2.05) is 12.1 Å². The molecule has 0 aliphatic heterocycles. The number of hydrogen-bond donors (Lipinski definition) is 1. The van der Waals surface area contributed by atoms with Gasteiger partial charge >= 0.3 is 0 Å². The fourth-order valence-corrected chi connectivity index (χ4v) is 2.37. The number of benzene rings is 1. The van der Waals surface area contributed by atoms with Crippen molar-refractivity contribution < 1.29 is 4.79 Å². The van der Waals surface area contributed by atoms with Crippen LogP contribution in [-0.4, -0.2) is 20.9 Å². The molecular formula is C17H13ClN4O. The van der Waals surface area contributed by atoms with Crippen molar-refractivity contribution in [2.45, 2.75) is 6.54 Å². The molecule has 1 N–H and O–H groups in total. The highest BCUT2D eigenvalue weighted by atomic mass is 35.5. The first-order chi connectivity index (χ1) is 11.3. The second kappa shape index (κ2) is 6.98. The van der Waals surface area contributed by atoms with Gasteiger partial charge in [-0.2, -0.15) is 0 Å². The maximum Gasteiger partial charge on any atom is 0.253 e. The van der Waals surface area contributed by atoms with Crippen molar-refractivity contribution in [1.29, 1.82) is 0 Å². The van der Waals surface area contributed by atoms with Crippen molar-refractivity contribution >= 4 is 17.5 Å². The van der Waals surface area contributed by atoms with Gasteiger partial charge in [0, 0.05) is 30.4 Å². The van der Waals surface area contributed by atoms with Gasteiger partial charge in [-0.3, -0.25) is 19.7 Å². The zero-order valence-electron chi connectivity index (χ0n) is 12.1. The molecule has 0 fully saturated rings. The molecule has 1 aromatic carbocycles. The largest absolute Gasteiger partial charge is 0.346 e. The summed E-state index contributed by atoms with van der Waals surface area (Å²) in [4.78, 5) is 25.0. The summed E-state index contributed by atoms with van der Waals surface area (Å²) >= 11 is 6.03. The fraction of sp³-hybridized carbons (Fsp3) is 0.0588. The van der Waals surface area contributed by atoms with Crippen LogP contribution < -0.4 is 5.32 Å². The Hall–Kier alpha value is -2.79. The van der Waals surface area contributed by atoms with Gasteiger partial charge in [-0.25, -0.2) is 0 Å². The lowest BCUT2D eigenvalue weighted by atomic mass is 10.1. The second-order valence-corrected chi connectivity index (χ2v) is 5.16. The first-order valence-electron chi connectivity index (χ1n) is 6.98. The molecule has 3 rings (SSSR count). The molecule has 5 nitrogen and oxygen atoms in total. The number of nitrogens with zero attached hydrogens (tertiary/aromatic N) is 3. The maximum absolute atomic E-state index is 12.2. The molecule has 23 heavy (non-hydrogen) atoms. The van der Waals surface area contributed by atoms with E-state index in [0.29, 0.717) is 22.0 Å². The minimum Gasteiger partial charge on any atom is -0.346 e. The van der Waals surface area contributed by atoms with Crippen LogP contribution in [-0.2, 0) is 6.54 Å². The van der Waals surface area contributed by atoms with Crippen LogP contribution in [0.3, 0.4) is 0 Å². The van der Waals surface area contributed by atoms with Crippen molar-refractivity contribution in [2.75, 3.05) is 0 Å². The van der Waals surface area contributed by atoms with Gasteiger partial charge in [-0.15, -0.1) is 0 Å². The summed E-state index contributed by atoms with van der Waals surface area (Å²) in [5.41, 5.74) is 2.64. The van der Waals surface area contributed by atoms with Crippen LogP contribution in [0.5, 0.6) is 0 Å². The van der Waals surface area contributed by atoms with Crippen LogP contribution in [0.4, 0.5) is 0 Å². The van der Waals surface area contributed by atoms with Gasteiger partial charge in [0.2, 0.25) is 0 Å². The van der Waals surface area contributed by atoms with Crippen molar-refractivity contribution in [3.8, 4) is 11.3 Å². The average Bonchev–Trinajstić information content (AvgIpc) is 2.61. The van der Waals surface area contributed by atoms with E-state index >= 15 is 0 Å². The van der Waals surface area contributed by atoms with E-state index in [4.69, 9.17) is 11.6 Å². The van der Waals surface area contributed by atoms with E-state index in [1.165, 1.54) is 0 Å². The number of carbonyl (C=O) groups is 1. The van der Waals surface area contributed by atoms with Gasteiger partial charge in [0.05, 0.1) is 28.5 Å². The molecule has 3 aromatic rings. The Kier molecular flexibility index (Phi) is 4.59. The third-order valence-electron chi connectivity index (χ3n) is 3.24. The van der Waals surface area contributed by atoms with Crippen molar-refractivity contribution in [1.82, 2.24) is 20.3 Å².